The molecule has 1 rings (SSSR count). The molecular formula is C9H15NO2. The van der Waals surface area contributed by atoms with E-state index in [2.05, 4.69) is 13.8 Å². The van der Waals surface area contributed by atoms with E-state index in [9.17, 15) is 0 Å². The van der Waals surface area contributed by atoms with Crippen molar-refractivity contribution < 1.29 is 9.15 Å². The highest BCUT2D eigenvalue weighted by atomic mass is 16.5. The molecule has 0 saturated carbocycles. The van der Waals surface area contributed by atoms with Crippen molar-refractivity contribution in [2.75, 3.05) is 7.11 Å². The van der Waals surface area contributed by atoms with E-state index in [1.807, 2.05) is 6.07 Å². The molecule has 1 aromatic rings. The zero-order valence-electron chi connectivity index (χ0n) is 7.70. The van der Waals surface area contributed by atoms with Crippen LogP contribution in [-0.4, -0.2) is 7.11 Å². The zero-order chi connectivity index (χ0) is 9.14. The topological polar surface area (TPSA) is 48.4 Å². The summed E-state index contributed by atoms with van der Waals surface area (Å²) in [7, 11) is 1.61. The number of rotatable bonds is 3. The molecule has 0 spiro atoms. The second-order valence-electron chi connectivity index (χ2n) is 3.16. The van der Waals surface area contributed by atoms with Crippen LogP contribution in [0.3, 0.4) is 0 Å². The van der Waals surface area contributed by atoms with Crippen molar-refractivity contribution in [2.24, 2.45) is 11.7 Å². The lowest BCUT2D eigenvalue weighted by Crippen LogP contribution is -2.15. The quantitative estimate of drug-likeness (QED) is 0.752. The molecule has 68 valence electrons. The molecule has 2 N–H and O–H groups in total. The maximum absolute atomic E-state index is 5.86. The van der Waals surface area contributed by atoms with Crippen LogP contribution in [0.15, 0.2) is 16.7 Å². The fourth-order valence-electron chi connectivity index (χ4n) is 0.945. The van der Waals surface area contributed by atoms with Crippen LogP contribution >= 0.6 is 0 Å². The van der Waals surface area contributed by atoms with Crippen LogP contribution in [0.4, 0.5) is 0 Å². The minimum absolute atomic E-state index is 0.0473. The van der Waals surface area contributed by atoms with E-state index in [1.54, 1.807) is 13.4 Å². The summed E-state index contributed by atoms with van der Waals surface area (Å²) in [6.07, 6.45) is 1.57. The van der Waals surface area contributed by atoms with Crippen molar-refractivity contribution in [3.63, 3.8) is 0 Å². The number of furan rings is 1. The number of ether oxygens (including phenoxy) is 1. The van der Waals surface area contributed by atoms with Crippen LogP contribution in [0.2, 0.25) is 0 Å². The summed E-state index contributed by atoms with van der Waals surface area (Å²) < 4.78 is 10.2. The van der Waals surface area contributed by atoms with E-state index in [1.165, 1.54) is 0 Å². The van der Waals surface area contributed by atoms with Crippen molar-refractivity contribution >= 4 is 0 Å². The zero-order valence-corrected chi connectivity index (χ0v) is 7.70. The molecule has 0 aliphatic rings. The van der Waals surface area contributed by atoms with Gasteiger partial charge in [0.15, 0.2) is 5.75 Å². The van der Waals surface area contributed by atoms with Gasteiger partial charge in [-0.05, 0) is 5.92 Å². The van der Waals surface area contributed by atoms with Crippen molar-refractivity contribution in [1.82, 2.24) is 0 Å². The van der Waals surface area contributed by atoms with E-state index < -0.39 is 0 Å². The predicted octanol–water partition coefficient (Wildman–Crippen LogP) is 1.94. The maximum Gasteiger partial charge on any atom is 0.157 e. The smallest absolute Gasteiger partial charge is 0.157 e. The summed E-state index contributed by atoms with van der Waals surface area (Å²) in [6, 6.07) is 1.78. The number of hydrogen-bond donors (Lipinski definition) is 1. The van der Waals surface area contributed by atoms with Crippen LogP contribution in [0.5, 0.6) is 5.75 Å². The minimum atomic E-state index is -0.0473. The van der Waals surface area contributed by atoms with Crippen molar-refractivity contribution in [3.05, 3.63) is 18.1 Å². The van der Waals surface area contributed by atoms with Crippen LogP contribution < -0.4 is 10.5 Å². The molecule has 12 heavy (non-hydrogen) atoms. The van der Waals surface area contributed by atoms with Crippen LogP contribution in [-0.2, 0) is 0 Å². The monoisotopic (exact) mass is 169 g/mol. The first-order chi connectivity index (χ1) is 5.65. The van der Waals surface area contributed by atoms with Crippen molar-refractivity contribution in [2.45, 2.75) is 19.9 Å². The third-order valence-electron chi connectivity index (χ3n) is 1.88. The van der Waals surface area contributed by atoms with Gasteiger partial charge >= 0.3 is 0 Å². The van der Waals surface area contributed by atoms with Crippen LogP contribution in [0.25, 0.3) is 0 Å². The highest BCUT2D eigenvalue weighted by molar-refractivity contribution is 5.21. The van der Waals surface area contributed by atoms with E-state index in [4.69, 9.17) is 14.9 Å². The van der Waals surface area contributed by atoms with Crippen LogP contribution in [0, 0.1) is 5.92 Å². The Hall–Kier alpha value is -0.960. The molecule has 0 aliphatic carbocycles. The Labute approximate surface area is 72.5 Å². The van der Waals surface area contributed by atoms with Gasteiger partial charge in [-0.1, -0.05) is 13.8 Å². The average molecular weight is 169 g/mol. The fourth-order valence-corrected chi connectivity index (χ4v) is 0.945. The van der Waals surface area contributed by atoms with Gasteiger partial charge in [-0.15, -0.1) is 0 Å². The Morgan fingerprint density at radius 3 is 2.58 bits per heavy atom. The molecule has 0 radical (unpaired) electrons. The highest BCUT2D eigenvalue weighted by Gasteiger charge is 2.14. The molecule has 0 bridgehead atoms. The highest BCUT2D eigenvalue weighted by Crippen LogP contribution is 2.24. The summed E-state index contributed by atoms with van der Waals surface area (Å²) in [6.45, 7) is 4.11. The summed E-state index contributed by atoms with van der Waals surface area (Å²) in [5.74, 6) is 1.88. The lowest BCUT2D eigenvalue weighted by molar-refractivity contribution is 0.389. The Balaban J connectivity index is 2.74. The summed E-state index contributed by atoms with van der Waals surface area (Å²) >= 11 is 0. The van der Waals surface area contributed by atoms with E-state index in [-0.39, 0.29) is 6.04 Å². The first kappa shape index (κ1) is 9.13. The van der Waals surface area contributed by atoms with Gasteiger partial charge < -0.3 is 14.9 Å². The molecule has 0 saturated heterocycles. The number of hydrogen-bond acceptors (Lipinski definition) is 3. The summed E-state index contributed by atoms with van der Waals surface area (Å²) in [5.41, 5.74) is 5.86. The maximum atomic E-state index is 5.86. The fraction of sp³-hybridized carbons (Fsp3) is 0.556. The molecule has 0 fully saturated rings. The Bertz CT molecular complexity index is 242. The summed E-state index contributed by atoms with van der Waals surface area (Å²) in [5, 5.41) is 0. The Morgan fingerprint density at radius 2 is 2.17 bits per heavy atom. The first-order valence-corrected chi connectivity index (χ1v) is 4.03. The molecule has 1 atom stereocenters. The first-order valence-electron chi connectivity index (χ1n) is 4.03. The van der Waals surface area contributed by atoms with Gasteiger partial charge in [0, 0.05) is 6.07 Å². The van der Waals surface area contributed by atoms with Gasteiger partial charge in [-0.2, -0.15) is 0 Å². The largest absolute Gasteiger partial charge is 0.493 e. The molecule has 0 unspecified atom stereocenters. The average Bonchev–Trinajstić information content (AvgIpc) is 2.50. The van der Waals surface area contributed by atoms with E-state index >= 15 is 0 Å². The SMILES string of the molecule is COc1coc([C@H](N)C(C)C)c1. The standard InChI is InChI=1S/C9H15NO2/c1-6(2)9(10)8-4-7(11-3)5-12-8/h4-6,9H,10H2,1-3H3/t9-/m1/s1. The predicted molar refractivity (Wildman–Crippen MR) is 47.0 cm³/mol. The third kappa shape index (κ3) is 1.80. The van der Waals surface area contributed by atoms with Gasteiger partial charge in [0.25, 0.3) is 0 Å². The lowest BCUT2D eigenvalue weighted by atomic mass is 10.0. The number of methoxy groups -OCH3 is 1. The van der Waals surface area contributed by atoms with Crippen molar-refractivity contribution in [1.29, 1.82) is 0 Å². The molecule has 1 heterocycles. The molecule has 0 aromatic carbocycles. The molecule has 3 nitrogen and oxygen atoms in total. The molecule has 0 amide bonds. The van der Waals surface area contributed by atoms with E-state index in [0.717, 1.165) is 11.5 Å². The lowest BCUT2D eigenvalue weighted by Gasteiger charge is -2.11. The van der Waals surface area contributed by atoms with E-state index in [0.29, 0.717) is 5.92 Å². The number of nitrogens with two attached hydrogens (primary N) is 1. The Morgan fingerprint density at radius 1 is 1.50 bits per heavy atom. The second kappa shape index (κ2) is 3.63. The molecule has 0 aliphatic heterocycles. The van der Waals surface area contributed by atoms with Gasteiger partial charge in [0.05, 0.1) is 13.2 Å². The van der Waals surface area contributed by atoms with Gasteiger partial charge in [0.2, 0.25) is 0 Å². The van der Waals surface area contributed by atoms with Gasteiger partial charge in [-0.25, -0.2) is 0 Å². The normalized spacial score (nSPS) is 13.4. The molecular weight excluding hydrogens is 154 g/mol. The molecule has 3 heteroatoms. The van der Waals surface area contributed by atoms with Gasteiger partial charge in [0.1, 0.15) is 12.0 Å². The minimum Gasteiger partial charge on any atom is -0.493 e. The molecule has 1 aromatic heterocycles. The van der Waals surface area contributed by atoms with Gasteiger partial charge in [-0.3, -0.25) is 0 Å². The van der Waals surface area contributed by atoms with Crippen molar-refractivity contribution in [3.8, 4) is 5.75 Å². The Kier molecular flexibility index (Phi) is 2.76. The third-order valence-corrected chi connectivity index (χ3v) is 1.88. The second-order valence-corrected chi connectivity index (χ2v) is 3.16. The summed E-state index contributed by atoms with van der Waals surface area (Å²) in [4.78, 5) is 0. The van der Waals surface area contributed by atoms with Crippen LogP contribution in [0.1, 0.15) is 25.6 Å².